The molecule has 0 heterocycles. The first-order valence-electron chi connectivity index (χ1n) is 6.89. The van der Waals surface area contributed by atoms with Crippen molar-refractivity contribution >= 4 is 21.8 Å². The molecule has 0 bridgehead atoms. The first-order chi connectivity index (χ1) is 10.1. The Morgan fingerprint density at radius 3 is 2.48 bits per heavy atom. The van der Waals surface area contributed by atoms with Crippen LogP contribution >= 0.6 is 15.9 Å². The molecule has 1 N–H and O–H groups in total. The summed E-state index contributed by atoms with van der Waals surface area (Å²) in [7, 11) is 0. The Kier molecular flexibility index (Phi) is 5.93. The van der Waals surface area contributed by atoms with Crippen LogP contribution < -0.4 is 5.32 Å². The van der Waals surface area contributed by atoms with Gasteiger partial charge in [-0.25, -0.2) is 4.39 Å². The van der Waals surface area contributed by atoms with Crippen LogP contribution in [0.4, 0.5) is 4.39 Å². The highest BCUT2D eigenvalue weighted by atomic mass is 79.9. The minimum atomic E-state index is -0.242. The number of rotatable bonds is 6. The molecule has 2 aromatic carbocycles. The van der Waals surface area contributed by atoms with Gasteiger partial charge in [-0.05, 0) is 48.2 Å². The van der Waals surface area contributed by atoms with Gasteiger partial charge in [0.25, 0.3) is 0 Å². The van der Waals surface area contributed by atoms with Crippen molar-refractivity contribution in [3.63, 3.8) is 0 Å². The van der Waals surface area contributed by atoms with Gasteiger partial charge < -0.3 is 5.32 Å². The Bertz CT molecular complexity index is 615. The zero-order valence-corrected chi connectivity index (χ0v) is 13.2. The molecule has 2 rings (SSSR count). The molecule has 0 aliphatic rings. The zero-order chi connectivity index (χ0) is 15.1. The van der Waals surface area contributed by atoms with Crippen molar-refractivity contribution in [3.05, 3.63) is 69.9 Å². The Hall–Kier alpha value is -1.68. The fourth-order valence-corrected chi connectivity index (χ4v) is 2.52. The normalized spacial score (nSPS) is 10.4. The number of amides is 1. The van der Waals surface area contributed by atoms with Crippen LogP contribution in [0.25, 0.3) is 0 Å². The molecule has 0 atom stereocenters. The van der Waals surface area contributed by atoms with Gasteiger partial charge in [0.05, 0.1) is 0 Å². The molecule has 0 radical (unpaired) electrons. The van der Waals surface area contributed by atoms with E-state index in [1.807, 2.05) is 30.3 Å². The SMILES string of the molecule is O=C(CCc1cccc(Br)c1)NCCc1cccc(F)c1. The van der Waals surface area contributed by atoms with Gasteiger partial charge in [0, 0.05) is 17.4 Å². The van der Waals surface area contributed by atoms with Gasteiger partial charge >= 0.3 is 0 Å². The highest BCUT2D eigenvalue weighted by Crippen LogP contribution is 2.12. The van der Waals surface area contributed by atoms with E-state index in [1.54, 1.807) is 6.07 Å². The van der Waals surface area contributed by atoms with Crippen LogP contribution in [0.2, 0.25) is 0 Å². The quantitative estimate of drug-likeness (QED) is 0.842. The fraction of sp³-hybridized carbons (Fsp3) is 0.235. The summed E-state index contributed by atoms with van der Waals surface area (Å²) in [5, 5.41) is 2.86. The van der Waals surface area contributed by atoms with Crippen LogP contribution in [0.5, 0.6) is 0 Å². The molecule has 0 aromatic heterocycles. The maximum absolute atomic E-state index is 13.0. The van der Waals surface area contributed by atoms with Crippen molar-refractivity contribution in [1.29, 1.82) is 0 Å². The number of aryl methyl sites for hydroxylation is 1. The van der Waals surface area contributed by atoms with E-state index >= 15 is 0 Å². The lowest BCUT2D eigenvalue weighted by Crippen LogP contribution is -2.25. The third-order valence-electron chi connectivity index (χ3n) is 3.15. The van der Waals surface area contributed by atoms with Crippen molar-refractivity contribution in [3.8, 4) is 0 Å². The van der Waals surface area contributed by atoms with E-state index < -0.39 is 0 Å². The minimum absolute atomic E-state index is 0.0198. The molecule has 0 aliphatic carbocycles. The second kappa shape index (κ2) is 7.93. The van der Waals surface area contributed by atoms with Gasteiger partial charge in [0.1, 0.15) is 5.82 Å². The van der Waals surface area contributed by atoms with E-state index in [0.717, 1.165) is 15.6 Å². The molecule has 0 unspecified atom stereocenters. The van der Waals surface area contributed by atoms with Gasteiger partial charge in [0.2, 0.25) is 5.91 Å². The summed E-state index contributed by atoms with van der Waals surface area (Å²) in [6.07, 6.45) is 1.81. The van der Waals surface area contributed by atoms with Crippen LogP contribution in [0.1, 0.15) is 17.5 Å². The van der Waals surface area contributed by atoms with Crippen LogP contribution in [0.15, 0.2) is 53.0 Å². The van der Waals surface area contributed by atoms with Gasteiger partial charge in [-0.1, -0.05) is 40.2 Å². The molecular formula is C17H17BrFNO. The zero-order valence-electron chi connectivity index (χ0n) is 11.6. The van der Waals surface area contributed by atoms with E-state index in [2.05, 4.69) is 21.2 Å². The summed E-state index contributed by atoms with van der Waals surface area (Å²) in [6, 6.07) is 14.4. The predicted octanol–water partition coefficient (Wildman–Crippen LogP) is 3.88. The monoisotopic (exact) mass is 349 g/mol. The summed E-state index contributed by atoms with van der Waals surface area (Å²) >= 11 is 3.41. The lowest BCUT2D eigenvalue weighted by atomic mass is 10.1. The maximum atomic E-state index is 13.0. The largest absolute Gasteiger partial charge is 0.356 e. The van der Waals surface area contributed by atoms with Crippen molar-refractivity contribution in [2.45, 2.75) is 19.3 Å². The highest BCUT2D eigenvalue weighted by Gasteiger charge is 2.03. The second-order valence-corrected chi connectivity index (χ2v) is 5.78. The third-order valence-corrected chi connectivity index (χ3v) is 3.65. The molecule has 0 spiro atoms. The number of halogens is 2. The van der Waals surface area contributed by atoms with E-state index in [4.69, 9.17) is 0 Å². The summed E-state index contributed by atoms with van der Waals surface area (Å²) in [5.74, 6) is -0.222. The molecule has 0 fully saturated rings. The Morgan fingerprint density at radius 2 is 1.76 bits per heavy atom. The standard InChI is InChI=1S/C17H17BrFNO/c18-15-5-1-3-13(11-15)7-8-17(21)20-10-9-14-4-2-6-16(19)12-14/h1-6,11-12H,7-10H2,(H,20,21). The van der Waals surface area contributed by atoms with Crippen molar-refractivity contribution in [1.82, 2.24) is 5.32 Å². The lowest BCUT2D eigenvalue weighted by Gasteiger charge is -2.06. The van der Waals surface area contributed by atoms with E-state index in [-0.39, 0.29) is 11.7 Å². The van der Waals surface area contributed by atoms with Gasteiger partial charge in [-0.15, -0.1) is 0 Å². The summed E-state index contributed by atoms with van der Waals surface area (Å²) in [4.78, 5) is 11.8. The van der Waals surface area contributed by atoms with Crippen LogP contribution in [0.3, 0.4) is 0 Å². The third kappa shape index (κ3) is 5.68. The van der Waals surface area contributed by atoms with Crippen LogP contribution in [-0.4, -0.2) is 12.5 Å². The number of benzene rings is 2. The topological polar surface area (TPSA) is 29.1 Å². The minimum Gasteiger partial charge on any atom is -0.356 e. The maximum Gasteiger partial charge on any atom is 0.220 e. The lowest BCUT2D eigenvalue weighted by molar-refractivity contribution is -0.121. The van der Waals surface area contributed by atoms with Crippen LogP contribution in [-0.2, 0) is 17.6 Å². The second-order valence-electron chi connectivity index (χ2n) is 4.86. The van der Waals surface area contributed by atoms with Crippen molar-refractivity contribution in [2.75, 3.05) is 6.54 Å². The first kappa shape index (κ1) is 15.7. The van der Waals surface area contributed by atoms with Crippen LogP contribution in [0, 0.1) is 5.82 Å². The summed E-state index contributed by atoms with van der Waals surface area (Å²) in [5.41, 5.74) is 2.02. The van der Waals surface area contributed by atoms with Gasteiger partial charge in [0.15, 0.2) is 0 Å². The highest BCUT2D eigenvalue weighted by molar-refractivity contribution is 9.10. The van der Waals surface area contributed by atoms with Crippen molar-refractivity contribution < 1.29 is 9.18 Å². The molecular weight excluding hydrogens is 333 g/mol. The van der Waals surface area contributed by atoms with Gasteiger partial charge in [-0.2, -0.15) is 0 Å². The average Bonchev–Trinajstić information content (AvgIpc) is 2.45. The van der Waals surface area contributed by atoms with Crippen molar-refractivity contribution in [2.24, 2.45) is 0 Å². The van der Waals surface area contributed by atoms with E-state index in [1.165, 1.54) is 12.1 Å². The molecule has 21 heavy (non-hydrogen) atoms. The molecule has 4 heteroatoms. The number of carbonyl (C=O) groups is 1. The number of hydrogen-bond donors (Lipinski definition) is 1. The van der Waals surface area contributed by atoms with E-state index in [9.17, 15) is 9.18 Å². The Morgan fingerprint density at radius 1 is 1.05 bits per heavy atom. The first-order valence-corrected chi connectivity index (χ1v) is 7.68. The molecule has 0 saturated heterocycles. The molecule has 2 nitrogen and oxygen atoms in total. The number of hydrogen-bond acceptors (Lipinski definition) is 1. The predicted molar refractivity (Wildman–Crippen MR) is 85.6 cm³/mol. The number of carbonyl (C=O) groups excluding carboxylic acids is 1. The van der Waals surface area contributed by atoms with Gasteiger partial charge in [-0.3, -0.25) is 4.79 Å². The average molecular weight is 350 g/mol. The Labute approximate surface area is 132 Å². The van der Waals surface area contributed by atoms with E-state index in [0.29, 0.717) is 25.8 Å². The fourth-order valence-electron chi connectivity index (χ4n) is 2.08. The Balaban J connectivity index is 1.70. The molecule has 2 aromatic rings. The summed E-state index contributed by atoms with van der Waals surface area (Å²) < 4.78 is 14.0. The molecule has 0 aliphatic heterocycles. The molecule has 110 valence electrons. The smallest absolute Gasteiger partial charge is 0.220 e. The number of nitrogens with one attached hydrogen (secondary N) is 1. The molecule has 0 saturated carbocycles. The summed E-state index contributed by atoms with van der Waals surface area (Å²) in [6.45, 7) is 0.529. The molecule has 1 amide bonds.